The monoisotopic (exact) mass is 308 g/mol. The summed E-state index contributed by atoms with van der Waals surface area (Å²) in [5.41, 5.74) is 3.16. The van der Waals surface area contributed by atoms with Crippen LogP contribution in [0.4, 0.5) is 5.69 Å². The van der Waals surface area contributed by atoms with Gasteiger partial charge in [-0.05, 0) is 31.0 Å². The second kappa shape index (κ2) is 6.65. The molecule has 0 saturated carbocycles. The fourth-order valence-corrected chi connectivity index (χ4v) is 2.77. The van der Waals surface area contributed by atoms with E-state index in [2.05, 4.69) is 5.32 Å². The smallest absolute Gasteiger partial charge is 0.252 e. The van der Waals surface area contributed by atoms with E-state index in [1.165, 1.54) is 4.90 Å². The second-order valence-corrected chi connectivity index (χ2v) is 5.89. The number of anilines is 1. The maximum absolute atomic E-state index is 12.5. The van der Waals surface area contributed by atoms with Crippen LogP contribution >= 0.6 is 0 Å². The van der Waals surface area contributed by atoms with Gasteiger partial charge in [-0.1, -0.05) is 48.0 Å². The summed E-state index contributed by atoms with van der Waals surface area (Å²) in [6, 6.07) is 17.3. The lowest BCUT2D eigenvalue weighted by Gasteiger charge is -2.16. The zero-order valence-corrected chi connectivity index (χ0v) is 13.2. The SMILES string of the molecule is Cc1ccc(N[C@H]2CC(=O)N(CCc3ccccc3)C2=O)cc1. The average Bonchev–Trinajstić information content (AvgIpc) is 2.82. The number of hydrogen-bond donors (Lipinski definition) is 1. The first-order chi connectivity index (χ1) is 11.1. The minimum Gasteiger partial charge on any atom is -0.373 e. The van der Waals surface area contributed by atoms with Crippen molar-refractivity contribution in [3.8, 4) is 0 Å². The molecule has 0 spiro atoms. The number of aryl methyl sites for hydroxylation is 1. The number of imide groups is 1. The fourth-order valence-electron chi connectivity index (χ4n) is 2.77. The molecule has 118 valence electrons. The topological polar surface area (TPSA) is 49.4 Å². The van der Waals surface area contributed by atoms with Gasteiger partial charge in [-0.3, -0.25) is 14.5 Å². The molecular formula is C19H20N2O2. The van der Waals surface area contributed by atoms with Crippen molar-refractivity contribution in [2.24, 2.45) is 0 Å². The molecule has 3 rings (SSSR count). The summed E-state index contributed by atoms with van der Waals surface area (Å²) < 4.78 is 0. The Morgan fingerprint density at radius 3 is 2.43 bits per heavy atom. The van der Waals surface area contributed by atoms with Gasteiger partial charge in [0.05, 0.1) is 6.42 Å². The Kier molecular flexibility index (Phi) is 4.42. The molecular weight excluding hydrogens is 288 g/mol. The van der Waals surface area contributed by atoms with Crippen LogP contribution in [-0.2, 0) is 16.0 Å². The van der Waals surface area contributed by atoms with E-state index < -0.39 is 6.04 Å². The first kappa shape index (κ1) is 15.3. The number of hydrogen-bond acceptors (Lipinski definition) is 3. The number of carbonyl (C=O) groups excluding carboxylic acids is 2. The lowest BCUT2D eigenvalue weighted by molar-refractivity contribution is -0.138. The van der Waals surface area contributed by atoms with E-state index in [0.717, 1.165) is 16.8 Å². The quantitative estimate of drug-likeness (QED) is 0.864. The molecule has 2 amide bonds. The maximum Gasteiger partial charge on any atom is 0.252 e. The molecule has 23 heavy (non-hydrogen) atoms. The summed E-state index contributed by atoms with van der Waals surface area (Å²) >= 11 is 0. The molecule has 1 aliphatic rings. The Hall–Kier alpha value is -2.62. The molecule has 1 heterocycles. The Balaban J connectivity index is 1.61. The third kappa shape index (κ3) is 3.59. The number of likely N-dealkylation sites (tertiary alicyclic amines) is 1. The van der Waals surface area contributed by atoms with E-state index in [0.29, 0.717) is 13.0 Å². The minimum absolute atomic E-state index is 0.101. The zero-order chi connectivity index (χ0) is 16.2. The van der Waals surface area contributed by atoms with Gasteiger partial charge in [0.25, 0.3) is 5.91 Å². The van der Waals surface area contributed by atoms with Crippen molar-refractivity contribution in [3.05, 3.63) is 65.7 Å². The lowest BCUT2D eigenvalue weighted by Crippen LogP contribution is -2.36. The predicted octanol–water partition coefficient (Wildman–Crippen LogP) is 2.78. The van der Waals surface area contributed by atoms with Crippen molar-refractivity contribution in [1.82, 2.24) is 4.90 Å². The van der Waals surface area contributed by atoms with Crippen LogP contribution in [0.3, 0.4) is 0 Å². The van der Waals surface area contributed by atoms with Crippen molar-refractivity contribution in [3.63, 3.8) is 0 Å². The summed E-state index contributed by atoms with van der Waals surface area (Å²) in [6.45, 7) is 2.45. The summed E-state index contributed by atoms with van der Waals surface area (Å²) in [5, 5.41) is 3.16. The van der Waals surface area contributed by atoms with E-state index in [4.69, 9.17) is 0 Å². The number of rotatable bonds is 5. The Morgan fingerprint density at radius 2 is 1.74 bits per heavy atom. The van der Waals surface area contributed by atoms with Crippen LogP contribution in [0.2, 0.25) is 0 Å². The van der Waals surface area contributed by atoms with Gasteiger partial charge in [-0.15, -0.1) is 0 Å². The van der Waals surface area contributed by atoms with Gasteiger partial charge in [0.2, 0.25) is 5.91 Å². The van der Waals surface area contributed by atoms with Crippen LogP contribution < -0.4 is 5.32 Å². The van der Waals surface area contributed by atoms with E-state index in [9.17, 15) is 9.59 Å². The number of amides is 2. The van der Waals surface area contributed by atoms with E-state index in [-0.39, 0.29) is 18.2 Å². The molecule has 0 bridgehead atoms. The molecule has 0 radical (unpaired) electrons. The van der Waals surface area contributed by atoms with Gasteiger partial charge in [0.15, 0.2) is 0 Å². The third-order valence-corrected chi connectivity index (χ3v) is 4.10. The highest BCUT2D eigenvalue weighted by molar-refractivity contribution is 6.06. The summed E-state index contributed by atoms with van der Waals surface area (Å²) in [5.74, 6) is -0.234. The van der Waals surface area contributed by atoms with Crippen molar-refractivity contribution < 1.29 is 9.59 Å². The van der Waals surface area contributed by atoms with Gasteiger partial charge in [0, 0.05) is 12.2 Å². The molecule has 1 fully saturated rings. The zero-order valence-electron chi connectivity index (χ0n) is 13.2. The Labute approximate surface area is 136 Å². The van der Waals surface area contributed by atoms with Crippen LogP contribution in [0.5, 0.6) is 0 Å². The second-order valence-electron chi connectivity index (χ2n) is 5.89. The van der Waals surface area contributed by atoms with Crippen molar-refractivity contribution in [2.45, 2.75) is 25.8 Å². The highest BCUT2D eigenvalue weighted by Gasteiger charge is 2.38. The minimum atomic E-state index is -0.457. The van der Waals surface area contributed by atoms with Gasteiger partial charge in [-0.25, -0.2) is 0 Å². The van der Waals surface area contributed by atoms with Crippen molar-refractivity contribution in [2.75, 3.05) is 11.9 Å². The molecule has 0 unspecified atom stereocenters. The number of nitrogens with zero attached hydrogens (tertiary/aromatic N) is 1. The highest BCUT2D eigenvalue weighted by atomic mass is 16.2. The average molecular weight is 308 g/mol. The van der Waals surface area contributed by atoms with Gasteiger partial charge < -0.3 is 5.32 Å². The molecule has 4 nitrogen and oxygen atoms in total. The van der Waals surface area contributed by atoms with Crippen LogP contribution in [0, 0.1) is 6.92 Å². The molecule has 4 heteroatoms. The van der Waals surface area contributed by atoms with Gasteiger partial charge in [-0.2, -0.15) is 0 Å². The lowest BCUT2D eigenvalue weighted by atomic mass is 10.1. The molecule has 1 N–H and O–H groups in total. The Bertz CT molecular complexity index is 695. The first-order valence-electron chi connectivity index (χ1n) is 7.85. The maximum atomic E-state index is 12.5. The largest absolute Gasteiger partial charge is 0.373 e. The molecule has 0 aromatic heterocycles. The number of benzene rings is 2. The van der Waals surface area contributed by atoms with Crippen LogP contribution in [0.25, 0.3) is 0 Å². The predicted molar refractivity (Wildman–Crippen MR) is 90.1 cm³/mol. The Morgan fingerprint density at radius 1 is 1.04 bits per heavy atom. The van der Waals surface area contributed by atoms with E-state index in [1.807, 2.05) is 61.5 Å². The molecule has 1 atom stereocenters. The summed E-state index contributed by atoms with van der Waals surface area (Å²) in [6.07, 6.45) is 0.914. The third-order valence-electron chi connectivity index (χ3n) is 4.10. The van der Waals surface area contributed by atoms with E-state index >= 15 is 0 Å². The molecule has 2 aromatic rings. The molecule has 1 aliphatic heterocycles. The van der Waals surface area contributed by atoms with Crippen LogP contribution in [-0.4, -0.2) is 29.3 Å². The number of nitrogens with one attached hydrogen (secondary N) is 1. The molecule has 1 saturated heterocycles. The summed E-state index contributed by atoms with van der Waals surface area (Å²) in [7, 11) is 0. The van der Waals surface area contributed by atoms with Crippen LogP contribution in [0.1, 0.15) is 17.5 Å². The molecule has 0 aliphatic carbocycles. The van der Waals surface area contributed by atoms with Crippen LogP contribution in [0.15, 0.2) is 54.6 Å². The van der Waals surface area contributed by atoms with E-state index in [1.54, 1.807) is 0 Å². The van der Waals surface area contributed by atoms with Gasteiger partial charge >= 0.3 is 0 Å². The van der Waals surface area contributed by atoms with Crippen molar-refractivity contribution >= 4 is 17.5 Å². The summed E-state index contributed by atoms with van der Waals surface area (Å²) in [4.78, 5) is 26.0. The number of carbonyl (C=O) groups is 2. The normalized spacial score (nSPS) is 17.6. The highest BCUT2D eigenvalue weighted by Crippen LogP contribution is 2.19. The van der Waals surface area contributed by atoms with Gasteiger partial charge in [0.1, 0.15) is 6.04 Å². The fraction of sp³-hybridized carbons (Fsp3) is 0.263. The van der Waals surface area contributed by atoms with Crippen molar-refractivity contribution in [1.29, 1.82) is 0 Å². The first-order valence-corrected chi connectivity index (χ1v) is 7.85. The molecule has 2 aromatic carbocycles. The standard InChI is InChI=1S/C19H20N2O2/c1-14-7-9-16(10-8-14)20-17-13-18(22)21(19(17)23)12-11-15-5-3-2-4-6-15/h2-10,17,20H,11-13H2,1H3/t17-/m0/s1.